The van der Waals surface area contributed by atoms with Crippen LogP contribution in [0.15, 0.2) is 12.2 Å². The number of carbonyl (C=O) groups is 1. The van der Waals surface area contributed by atoms with Gasteiger partial charge in [-0.2, -0.15) is 0 Å². The molecule has 5 aliphatic carbocycles. The van der Waals surface area contributed by atoms with Crippen LogP contribution < -0.4 is 0 Å². The highest BCUT2D eigenvalue weighted by molar-refractivity contribution is 5.76. The molecule has 0 bridgehead atoms. The maximum Gasteiger partial charge on any atom is 0.309 e. The lowest BCUT2D eigenvalue weighted by atomic mass is 9.32. The average Bonchev–Trinajstić information content (AvgIpc) is 3.09. The second-order valence-corrected chi connectivity index (χ2v) is 14.5. The van der Waals surface area contributed by atoms with Crippen molar-refractivity contribution < 1.29 is 9.90 Å². The van der Waals surface area contributed by atoms with Crippen molar-refractivity contribution in [3.63, 3.8) is 0 Å². The van der Waals surface area contributed by atoms with Crippen molar-refractivity contribution in [1.82, 2.24) is 0 Å². The first-order valence-corrected chi connectivity index (χ1v) is 13.7. The molecule has 0 spiro atoms. The van der Waals surface area contributed by atoms with Gasteiger partial charge in [-0.1, -0.05) is 53.2 Å². The summed E-state index contributed by atoms with van der Waals surface area (Å²) in [6.45, 7) is 19.6. The molecule has 5 rings (SSSR count). The van der Waals surface area contributed by atoms with Crippen molar-refractivity contribution in [3.05, 3.63) is 12.2 Å². The third kappa shape index (κ3) is 2.62. The molecule has 0 aromatic heterocycles. The van der Waals surface area contributed by atoms with Crippen LogP contribution in [0.5, 0.6) is 0 Å². The minimum Gasteiger partial charge on any atom is -0.481 e. The summed E-state index contributed by atoms with van der Waals surface area (Å²) in [5, 5.41) is 10.5. The lowest BCUT2D eigenvalue weighted by molar-refractivity contribution is -0.237. The zero-order valence-corrected chi connectivity index (χ0v) is 21.7. The van der Waals surface area contributed by atoms with Gasteiger partial charge in [0.2, 0.25) is 0 Å². The van der Waals surface area contributed by atoms with Crippen molar-refractivity contribution in [2.45, 2.75) is 112 Å². The summed E-state index contributed by atoms with van der Waals surface area (Å²) in [6.07, 6.45) is 13.3. The first-order chi connectivity index (χ1) is 14.8. The van der Waals surface area contributed by atoms with E-state index in [-0.39, 0.29) is 5.41 Å². The number of rotatable bonds is 2. The molecule has 0 amide bonds. The molecule has 0 heterocycles. The number of hydrogen-bond acceptors (Lipinski definition) is 1. The number of hydrogen-bond donors (Lipinski definition) is 1. The molecular formula is C30H48O2. The molecule has 5 fully saturated rings. The Morgan fingerprint density at radius 2 is 1.53 bits per heavy atom. The van der Waals surface area contributed by atoms with Crippen molar-refractivity contribution >= 4 is 5.97 Å². The average molecular weight is 441 g/mol. The summed E-state index contributed by atoms with van der Waals surface area (Å²) < 4.78 is 0. The molecule has 180 valence electrons. The van der Waals surface area contributed by atoms with E-state index in [1.165, 1.54) is 50.5 Å². The van der Waals surface area contributed by atoms with Gasteiger partial charge in [0.25, 0.3) is 0 Å². The van der Waals surface area contributed by atoms with Crippen LogP contribution >= 0.6 is 0 Å². The van der Waals surface area contributed by atoms with Crippen LogP contribution in [0.3, 0.4) is 0 Å². The molecule has 2 nitrogen and oxygen atoms in total. The van der Waals surface area contributed by atoms with E-state index in [9.17, 15) is 9.90 Å². The molecule has 1 N–H and O–H groups in total. The number of carboxylic acids is 1. The second-order valence-electron chi connectivity index (χ2n) is 14.5. The molecule has 0 aliphatic heterocycles. The molecule has 0 aromatic rings. The zero-order chi connectivity index (χ0) is 23.3. The van der Waals surface area contributed by atoms with Gasteiger partial charge >= 0.3 is 5.97 Å². The highest BCUT2D eigenvalue weighted by Crippen LogP contribution is 2.77. The fourth-order valence-corrected chi connectivity index (χ4v) is 11.6. The molecule has 32 heavy (non-hydrogen) atoms. The van der Waals surface area contributed by atoms with E-state index >= 15 is 0 Å². The van der Waals surface area contributed by atoms with Crippen LogP contribution in [0.4, 0.5) is 0 Å². The molecule has 2 heteroatoms. The van der Waals surface area contributed by atoms with Gasteiger partial charge in [-0.05, 0) is 122 Å². The number of aliphatic carboxylic acids is 1. The smallest absolute Gasteiger partial charge is 0.309 e. The Labute approximate surface area is 197 Å². The predicted molar refractivity (Wildman–Crippen MR) is 131 cm³/mol. The first kappa shape index (κ1) is 23.0. The van der Waals surface area contributed by atoms with Crippen LogP contribution in [0.1, 0.15) is 112 Å². The van der Waals surface area contributed by atoms with Crippen molar-refractivity contribution in [3.8, 4) is 0 Å². The summed E-state index contributed by atoms with van der Waals surface area (Å²) in [7, 11) is 0. The topological polar surface area (TPSA) is 37.3 Å². The van der Waals surface area contributed by atoms with E-state index in [1.54, 1.807) is 0 Å². The van der Waals surface area contributed by atoms with Gasteiger partial charge in [-0.15, -0.1) is 0 Å². The summed E-state index contributed by atoms with van der Waals surface area (Å²) in [5.41, 5.74) is 2.25. The number of allylic oxidation sites excluding steroid dienone is 1. The highest BCUT2D eigenvalue weighted by atomic mass is 16.4. The fraction of sp³-hybridized carbons (Fsp3) is 0.900. The molecule has 5 saturated carbocycles. The minimum atomic E-state index is -0.509. The largest absolute Gasteiger partial charge is 0.481 e. The van der Waals surface area contributed by atoms with E-state index in [4.69, 9.17) is 0 Å². The van der Waals surface area contributed by atoms with Gasteiger partial charge in [0.15, 0.2) is 0 Å². The highest BCUT2D eigenvalue weighted by Gasteiger charge is 2.71. The summed E-state index contributed by atoms with van der Waals surface area (Å²) in [6, 6.07) is 0. The van der Waals surface area contributed by atoms with E-state index in [0.29, 0.717) is 34.0 Å². The van der Waals surface area contributed by atoms with Gasteiger partial charge in [0.05, 0.1) is 5.41 Å². The van der Waals surface area contributed by atoms with Crippen LogP contribution in [0, 0.1) is 56.7 Å². The van der Waals surface area contributed by atoms with Gasteiger partial charge in [-0.3, -0.25) is 4.79 Å². The molecule has 9 atom stereocenters. The maximum absolute atomic E-state index is 12.7. The van der Waals surface area contributed by atoms with Crippen LogP contribution in [0.25, 0.3) is 0 Å². The molecule has 9 unspecified atom stereocenters. The van der Waals surface area contributed by atoms with Crippen LogP contribution in [-0.2, 0) is 4.79 Å². The quantitative estimate of drug-likeness (QED) is 0.440. The number of fused-ring (bicyclic) bond motifs is 7. The Bertz CT molecular complexity index is 827. The monoisotopic (exact) mass is 440 g/mol. The fourth-order valence-electron chi connectivity index (χ4n) is 11.6. The minimum absolute atomic E-state index is 0.257. The van der Waals surface area contributed by atoms with Crippen molar-refractivity contribution in [1.29, 1.82) is 0 Å². The lowest BCUT2D eigenvalue weighted by Crippen LogP contribution is -2.66. The van der Waals surface area contributed by atoms with Crippen LogP contribution in [-0.4, -0.2) is 11.1 Å². The summed E-state index contributed by atoms with van der Waals surface area (Å²) in [4.78, 5) is 12.7. The normalized spacial score (nSPS) is 54.0. The maximum atomic E-state index is 12.7. The predicted octanol–water partition coefficient (Wildman–Crippen LogP) is 8.12. The standard InChI is InChI=1S/C30H48O2/c1-19(2)20-11-16-30(25(31)32)18-17-28(6)21(24(20)30)9-10-23-27(5)14-8-13-26(3,4)22(27)12-15-29(23,28)7/h20-24H,1,8-18H2,2-7H3,(H,31,32). The Kier molecular flexibility index (Phi) is 4.94. The third-order valence-electron chi connectivity index (χ3n) is 13.2. The third-order valence-corrected chi connectivity index (χ3v) is 13.2. The molecule has 5 aliphatic rings. The SMILES string of the molecule is C=C(C)C1CCC2(C(=O)O)CCC3(C)C(CCC4C5(C)CCCC(C)(C)C5CCC43C)C12. The van der Waals surface area contributed by atoms with E-state index in [2.05, 4.69) is 48.1 Å². The van der Waals surface area contributed by atoms with Gasteiger partial charge in [-0.25, -0.2) is 0 Å². The first-order valence-electron chi connectivity index (χ1n) is 13.7. The summed E-state index contributed by atoms with van der Waals surface area (Å²) in [5.74, 6) is 2.36. The van der Waals surface area contributed by atoms with Gasteiger partial charge in [0, 0.05) is 0 Å². The van der Waals surface area contributed by atoms with E-state index in [0.717, 1.165) is 37.5 Å². The molecule has 0 radical (unpaired) electrons. The molecule has 0 aromatic carbocycles. The van der Waals surface area contributed by atoms with Crippen molar-refractivity contribution in [2.75, 3.05) is 0 Å². The molecule has 0 saturated heterocycles. The van der Waals surface area contributed by atoms with Crippen LogP contribution in [0.2, 0.25) is 0 Å². The van der Waals surface area contributed by atoms with E-state index < -0.39 is 11.4 Å². The van der Waals surface area contributed by atoms with Gasteiger partial charge in [0.1, 0.15) is 0 Å². The second kappa shape index (κ2) is 6.88. The van der Waals surface area contributed by atoms with Crippen molar-refractivity contribution in [2.24, 2.45) is 56.7 Å². The Hall–Kier alpha value is -0.790. The Morgan fingerprint density at radius 1 is 0.812 bits per heavy atom. The van der Waals surface area contributed by atoms with Gasteiger partial charge < -0.3 is 5.11 Å². The Balaban J connectivity index is 1.57. The molecular weight excluding hydrogens is 392 g/mol. The summed E-state index contributed by atoms with van der Waals surface area (Å²) >= 11 is 0. The number of carboxylic acid groups (broad SMARTS) is 1. The van der Waals surface area contributed by atoms with E-state index in [1.807, 2.05) is 0 Å². The Morgan fingerprint density at radius 3 is 2.19 bits per heavy atom. The lowest BCUT2D eigenvalue weighted by Gasteiger charge is -2.72. The zero-order valence-electron chi connectivity index (χ0n) is 21.7.